The summed E-state index contributed by atoms with van der Waals surface area (Å²) in [6, 6.07) is 3.38. The first-order valence-corrected chi connectivity index (χ1v) is 5.06. The van der Waals surface area contributed by atoms with Crippen molar-refractivity contribution in [2.24, 2.45) is 5.16 Å². The van der Waals surface area contributed by atoms with E-state index < -0.39 is 5.91 Å². The van der Waals surface area contributed by atoms with Crippen LogP contribution in [0, 0.1) is 22.7 Å². The summed E-state index contributed by atoms with van der Waals surface area (Å²) in [7, 11) is 0. The monoisotopic (exact) mass is 220 g/mol. The number of oxime groups is 1. The molecule has 1 saturated heterocycles. The molecule has 1 aliphatic heterocycles. The van der Waals surface area contributed by atoms with E-state index in [0.717, 1.165) is 19.3 Å². The first-order valence-electron chi connectivity index (χ1n) is 5.06. The third-order valence-corrected chi connectivity index (χ3v) is 2.24. The third kappa shape index (κ3) is 3.25. The molecule has 0 aromatic heterocycles. The van der Waals surface area contributed by atoms with Crippen molar-refractivity contribution in [1.29, 1.82) is 10.5 Å². The molecule has 1 amide bonds. The largest absolute Gasteiger partial charge is 0.379 e. The number of hydrogen-bond donors (Lipinski definition) is 0. The highest BCUT2D eigenvalue weighted by molar-refractivity contribution is 6.44. The van der Waals surface area contributed by atoms with Gasteiger partial charge in [-0.2, -0.15) is 10.5 Å². The van der Waals surface area contributed by atoms with E-state index in [1.165, 1.54) is 0 Å². The van der Waals surface area contributed by atoms with Crippen LogP contribution in [0.15, 0.2) is 5.16 Å². The van der Waals surface area contributed by atoms with Crippen LogP contribution >= 0.6 is 0 Å². The van der Waals surface area contributed by atoms with Crippen molar-refractivity contribution in [1.82, 2.24) is 4.90 Å². The van der Waals surface area contributed by atoms with Crippen molar-refractivity contribution in [2.45, 2.75) is 19.3 Å². The first-order chi connectivity index (χ1) is 7.79. The molecule has 16 heavy (non-hydrogen) atoms. The molecule has 0 aliphatic carbocycles. The second-order valence-corrected chi connectivity index (χ2v) is 3.34. The zero-order chi connectivity index (χ0) is 11.8. The third-order valence-electron chi connectivity index (χ3n) is 2.24. The Hall–Kier alpha value is -2.08. The van der Waals surface area contributed by atoms with E-state index in [0.29, 0.717) is 13.1 Å². The van der Waals surface area contributed by atoms with Crippen molar-refractivity contribution < 1.29 is 9.63 Å². The molecule has 1 heterocycles. The zero-order valence-electron chi connectivity index (χ0n) is 8.85. The minimum atomic E-state index is -0.417. The van der Waals surface area contributed by atoms with Crippen molar-refractivity contribution >= 4 is 11.6 Å². The number of carbonyl (C=O) groups excluding carboxylic acids is 1. The van der Waals surface area contributed by atoms with Gasteiger partial charge in [0, 0.05) is 13.1 Å². The van der Waals surface area contributed by atoms with Crippen LogP contribution in [0.25, 0.3) is 0 Å². The summed E-state index contributed by atoms with van der Waals surface area (Å²) in [6.45, 7) is 1.04. The molecule has 0 unspecified atom stereocenters. The van der Waals surface area contributed by atoms with E-state index in [1.807, 2.05) is 0 Å². The van der Waals surface area contributed by atoms with Gasteiger partial charge in [-0.25, -0.2) is 0 Å². The second kappa shape index (κ2) is 6.41. The van der Waals surface area contributed by atoms with Crippen molar-refractivity contribution in [2.75, 3.05) is 19.7 Å². The summed E-state index contributed by atoms with van der Waals surface area (Å²) in [6.07, 6.45) is 3.00. The molecule has 0 aromatic rings. The van der Waals surface area contributed by atoms with Gasteiger partial charge in [0.05, 0.1) is 0 Å². The first kappa shape index (κ1) is 12.0. The average molecular weight is 220 g/mol. The molecular formula is C10H12N4O2. The maximum Gasteiger partial charge on any atom is 0.286 e. The van der Waals surface area contributed by atoms with Gasteiger partial charge < -0.3 is 9.74 Å². The number of nitriles is 2. The van der Waals surface area contributed by atoms with Crippen LogP contribution < -0.4 is 0 Å². The molecule has 6 heteroatoms. The summed E-state index contributed by atoms with van der Waals surface area (Å²) in [4.78, 5) is 17.8. The summed E-state index contributed by atoms with van der Waals surface area (Å²) < 4.78 is 0. The number of hydrogen-bond acceptors (Lipinski definition) is 5. The number of likely N-dealkylation sites (tertiary alicyclic amines) is 1. The number of amides is 1. The van der Waals surface area contributed by atoms with Gasteiger partial charge in [0.15, 0.2) is 0 Å². The minimum Gasteiger partial charge on any atom is -0.379 e. The Morgan fingerprint density at radius 2 is 2.00 bits per heavy atom. The van der Waals surface area contributed by atoms with Crippen LogP contribution in [0.5, 0.6) is 0 Å². The lowest BCUT2D eigenvalue weighted by Gasteiger charge is -2.25. The highest BCUT2D eigenvalue weighted by atomic mass is 16.6. The Morgan fingerprint density at radius 3 is 2.56 bits per heavy atom. The summed E-state index contributed by atoms with van der Waals surface area (Å²) in [5.74, 6) is -0.417. The van der Waals surface area contributed by atoms with Gasteiger partial charge in [0.1, 0.15) is 12.1 Å². The van der Waals surface area contributed by atoms with Gasteiger partial charge in [-0.1, -0.05) is 5.16 Å². The number of nitrogens with zero attached hydrogens (tertiary/aromatic N) is 4. The van der Waals surface area contributed by atoms with Gasteiger partial charge in [0.2, 0.25) is 12.3 Å². The van der Waals surface area contributed by atoms with Crippen LogP contribution in [0.4, 0.5) is 0 Å². The molecule has 1 aliphatic rings. The molecular weight excluding hydrogens is 208 g/mol. The van der Waals surface area contributed by atoms with Crippen molar-refractivity contribution in [3.8, 4) is 12.1 Å². The maximum absolute atomic E-state index is 11.7. The minimum absolute atomic E-state index is 0.265. The van der Waals surface area contributed by atoms with E-state index in [-0.39, 0.29) is 12.3 Å². The van der Waals surface area contributed by atoms with Gasteiger partial charge >= 0.3 is 0 Å². The summed E-state index contributed by atoms with van der Waals surface area (Å²) in [5.41, 5.74) is -0.294. The van der Waals surface area contributed by atoms with Crippen molar-refractivity contribution in [3.63, 3.8) is 0 Å². The Bertz CT molecular complexity index is 358. The quantitative estimate of drug-likeness (QED) is 0.391. The zero-order valence-corrected chi connectivity index (χ0v) is 8.85. The lowest BCUT2D eigenvalue weighted by atomic mass is 10.1. The fourth-order valence-electron chi connectivity index (χ4n) is 1.48. The normalized spacial score (nSPS) is 16.1. The fraction of sp³-hybridized carbons (Fsp3) is 0.600. The molecule has 6 nitrogen and oxygen atoms in total. The van der Waals surface area contributed by atoms with Gasteiger partial charge in [-0.15, -0.1) is 0 Å². The average Bonchev–Trinajstić information content (AvgIpc) is 2.35. The molecule has 1 rings (SSSR count). The highest BCUT2D eigenvalue weighted by Gasteiger charge is 2.22. The lowest BCUT2D eigenvalue weighted by Crippen LogP contribution is -2.39. The number of piperidine rings is 1. The topological polar surface area (TPSA) is 89.5 Å². The van der Waals surface area contributed by atoms with Gasteiger partial charge in [0.25, 0.3) is 5.91 Å². The molecule has 0 atom stereocenters. The van der Waals surface area contributed by atoms with E-state index >= 15 is 0 Å². The molecule has 0 bridgehead atoms. The van der Waals surface area contributed by atoms with Crippen LogP contribution in [0.2, 0.25) is 0 Å². The van der Waals surface area contributed by atoms with Gasteiger partial charge in [-0.3, -0.25) is 4.79 Å². The Kier molecular flexibility index (Phi) is 4.81. The predicted molar refractivity (Wildman–Crippen MR) is 55.0 cm³/mol. The van der Waals surface area contributed by atoms with E-state index in [9.17, 15) is 4.79 Å². The molecule has 0 saturated carbocycles. The smallest absolute Gasteiger partial charge is 0.286 e. The molecule has 1 fully saturated rings. The maximum atomic E-state index is 11.7. The fourth-order valence-corrected chi connectivity index (χ4v) is 1.48. The number of rotatable bonds is 3. The summed E-state index contributed by atoms with van der Waals surface area (Å²) >= 11 is 0. The van der Waals surface area contributed by atoms with Crippen LogP contribution in [-0.2, 0) is 9.63 Å². The molecule has 0 aromatic carbocycles. The molecule has 0 N–H and O–H groups in total. The van der Waals surface area contributed by atoms with E-state index in [4.69, 9.17) is 10.5 Å². The molecule has 0 radical (unpaired) electrons. The SMILES string of the molecule is N#CCON=C(C#N)C(=O)N1CCCCC1. The predicted octanol–water partition coefficient (Wildman–Crippen LogP) is 0.419. The number of carbonyl (C=O) groups is 1. The standard InChI is InChI=1S/C10H12N4O2/c11-4-7-16-13-9(8-12)10(15)14-5-2-1-3-6-14/h1-3,5-7H2. The van der Waals surface area contributed by atoms with Crippen LogP contribution in [0.3, 0.4) is 0 Å². The Morgan fingerprint density at radius 1 is 1.31 bits per heavy atom. The molecule has 0 spiro atoms. The van der Waals surface area contributed by atoms with Crippen molar-refractivity contribution in [3.05, 3.63) is 0 Å². The van der Waals surface area contributed by atoms with Crippen LogP contribution in [-0.4, -0.2) is 36.2 Å². The Balaban J connectivity index is 2.59. The van der Waals surface area contributed by atoms with Gasteiger partial charge in [-0.05, 0) is 19.3 Å². The van der Waals surface area contributed by atoms with E-state index in [1.54, 1.807) is 17.0 Å². The lowest BCUT2D eigenvalue weighted by molar-refractivity contribution is -0.124. The second-order valence-electron chi connectivity index (χ2n) is 3.34. The summed E-state index contributed by atoms with van der Waals surface area (Å²) in [5, 5.41) is 20.3. The Labute approximate surface area is 93.7 Å². The van der Waals surface area contributed by atoms with Crippen LogP contribution in [0.1, 0.15) is 19.3 Å². The highest BCUT2D eigenvalue weighted by Crippen LogP contribution is 2.09. The van der Waals surface area contributed by atoms with E-state index in [2.05, 4.69) is 9.99 Å². The molecule has 84 valence electrons.